The number of hydrogen-bond donors (Lipinski definition) is 1. The van der Waals surface area contributed by atoms with Gasteiger partial charge in [-0.3, -0.25) is 0 Å². The molecular weight excluding hydrogens is 350 g/mol. The monoisotopic (exact) mass is 366 g/mol. The number of sulfonamides is 2. The molecule has 10 heteroatoms. The van der Waals surface area contributed by atoms with Gasteiger partial charge in [0, 0.05) is 31.1 Å². The molecule has 1 N–H and O–H groups in total. The minimum Gasteiger partial charge on any atom is -0.211 e. The first-order chi connectivity index (χ1) is 10.7. The molecule has 2 rings (SSSR count). The van der Waals surface area contributed by atoms with Gasteiger partial charge in [0.25, 0.3) is 0 Å². The molecule has 0 bridgehead atoms. The molecule has 6 nitrogen and oxygen atoms in total. The predicted molar refractivity (Wildman–Crippen MR) is 80.3 cm³/mol. The molecule has 0 spiro atoms. The first kappa shape index (κ1) is 18.0. The van der Waals surface area contributed by atoms with E-state index in [0.29, 0.717) is 12.5 Å². The molecule has 1 aromatic carbocycles. The van der Waals surface area contributed by atoms with Gasteiger partial charge in [0.1, 0.15) is 16.5 Å². The highest BCUT2D eigenvalue weighted by molar-refractivity contribution is 7.92. The minimum absolute atomic E-state index is 0.0544. The molecule has 1 aliphatic rings. The van der Waals surface area contributed by atoms with Gasteiger partial charge in [-0.1, -0.05) is 6.58 Å². The van der Waals surface area contributed by atoms with E-state index in [2.05, 4.69) is 11.3 Å². The summed E-state index contributed by atoms with van der Waals surface area (Å²) in [6, 6.07) is 2.27. The Labute approximate surface area is 133 Å². The van der Waals surface area contributed by atoms with E-state index in [4.69, 9.17) is 0 Å². The van der Waals surface area contributed by atoms with E-state index in [9.17, 15) is 25.6 Å². The number of nitrogens with one attached hydrogen (secondary N) is 1. The smallest absolute Gasteiger partial charge is 0.211 e. The summed E-state index contributed by atoms with van der Waals surface area (Å²) < 4.78 is 77.3. The molecule has 1 atom stereocenters. The number of rotatable bonds is 6. The van der Waals surface area contributed by atoms with E-state index < -0.39 is 36.6 Å². The lowest BCUT2D eigenvalue weighted by Gasteiger charge is -2.17. The SMILES string of the molecule is C=CS(=O)(=O)NCC1CCN(S(=O)(=O)c2ccc(F)cc2F)C1. The topological polar surface area (TPSA) is 83.6 Å². The fourth-order valence-electron chi connectivity index (χ4n) is 2.30. The molecule has 1 fully saturated rings. The molecular formula is C13H16F2N2O4S2. The van der Waals surface area contributed by atoms with Gasteiger partial charge in [-0.25, -0.2) is 30.3 Å². The lowest BCUT2D eigenvalue weighted by Crippen LogP contribution is -2.32. The second-order valence-corrected chi connectivity index (χ2v) is 8.77. The maximum absolute atomic E-state index is 13.7. The molecule has 23 heavy (non-hydrogen) atoms. The fourth-order valence-corrected chi connectivity index (χ4v) is 4.46. The van der Waals surface area contributed by atoms with Gasteiger partial charge in [0.2, 0.25) is 20.0 Å². The van der Waals surface area contributed by atoms with Gasteiger partial charge in [0.05, 0.1) is 0 Å². The maximum atomic E-state index is 13.7. The Morgan fingerprint density at radius 1 is 1.30 bits per heavy atom. The predicted octanol–water partition coefficient (Wildman–Crippen LogP) is 1.04. The Morgan fingerprint density at radius 3 is 2.61 bits per heavy atom. The van der Waals surface area contributed by atoms with Crippen LogP contribution in [-0.4, -0.2) is 40.8 Å². The Bertz CT molecular complexity index is 809. The average molecular weight is 366 g/mol. The van der Waals surface area contributed by atoms with Crippen LogP contribution >= 0.6 is 0 Å². The number of nitrogens with zero attached hydrogens (tertiary/aromatic N) is 1. The van der Waals surface area contributed by atoms with Crippen molar-refractivity contribution in [2.45, 2.75) is 11.3 Å². The van der Waals surface area contributed by atoms with E-state index in [0.717, 1.165) is 21.8 Å². The van der Waals surface area contributed by atoms with Crippen LogP contribution in [0, 0.1) is 17.6 Å². The zero-order valence-corrected chi connectivity index (χ0v) is 13.7. The van der Waals surface area contributed by atoms with Crippen molar-refractivity contribution in [1.82, 2.24) is 9.03 Å². The molecule has 1 aliphatic heterocycles. The molecule has 0 saturated carbocycles. The Balaban J connectivity index is 2.10. The van der Waals surface area contributed by atoms with E-state index in [1.807, 2.05) is 0 Å². The van der Waals surface area contributed by atoms with Crippen molar-refractivity contribution in [2.24, 2.45) is 5.92 Å². The molecule has 0 radical (unpaired) electrons. The summed E-state index contributed by atoms with van der Waals surface area (Å²) in [6.07, 6.45) is 0.432. The summed E-state index contributed by atoms with van der Waals surface area (Å²) in [6.45, 7) is 3.41. The van der Waals surface area contributed by atoms with Gasteiger partial charge in [-0.05, 0) is 24.5 Å². The molecule has 1 aromatic rings. The molecule has 0 aliphatic carbocycles. The summed E-state index contributed by atoms with van der Waals surface area (Å²) in [7, 11) is -7.66. The van der Waals surface area contributed by atoms with Gasteiger partial charge in [-0.15, -0.1) is 0 Å². The summed E-state index contributed by atoms with van der Waals surface area (Å²) in [5.41, 5.74) is 0. The largest absolute Gasteiger partial charge is 0.245 e. The van der Waals surface area contributed by atoms with Crippen LogP contribution in [-0.2, 0) is 20.0 Å². The molecule has 128 valence electrons. The van der Waals surface area contributed by atoms with Crippen molar-refractivity contribution in [1.29, 1.82) is 0 Å². The molecule has 0 amide bonds. The molecule has 1 heterocycles. The van der Waals surface area contributed by atoms with E-state index in [-0.39, 0.29) is 25.6 Å². The highest BCUT2D eigenvalue weighted by atomic mass is 32.2. The van der Waals surface area contributed by atoms with Crippen LogP contribution in [0.3, 0.4) is 0 Å². The second kappa shape index (κ2) is 6.63. The number of hydrogen-bond acceptors (Lipinski definition) is 4. The maximum Gasteiger partial charge on any atom is 0.245 e. The van der Waals surface area contributed by atoms with E-state index in [1.54, 1.807) is 0 Å². The highest BCUT2D eigenvalue weighted by Crippen LogP contribution is 2.26. The van der Waals surface area contributed by atoms with Crippen LogP contribution in [0.1, 0.15) is 6.42 Å². The Hall–Kier alpha value is -1.36. The van der Waals surface area contributed by atoms with Crippen LogP contribution in [0.2, 0.25) is 0 Å². The molecule has 0 aromatic heterocycles. The minimum atomic E-state index is -4.08. The first-order valence-corrected chi connectivity index (χ1v) is 9.71. The summed E-state index contributed by atoms with van der Waals surface area (Å²) >= 11 is 0. The molecule has 1 unspecified atom stereocenters. The standard InChI is InChI=1S/C13H16F2N2O4S2/c1-2-22(18,19)16-8-10-5-6-17(9-10)23(20,21)13-4-3-11(14)7-12(13)15/h2-4,7,10,16H,1,5-6,8-9H2. The van der Waals surface area contributed by atoms with Crippen molar-refractivity contribution >= 4 is 20.0 Å². The van der Waals surface area contributed by atoms with Crippen molar-refractivity contribution in [3.8, 4) is 0 Å². The third-order valence-corrected chi connectivity index (χ3v) is 6.46. The van der Waals surface area contributed by atoms with Crippen molar-refractivity contribution in [2.75, 3.05) is 19.6 Å². The third kappa shape index (κ3) is 4.14. The zero-order valence-electron chi connectivity index (χ0n) is 12.1. The van der Waals surface area contributed by atoms with Crippen LogP contribution in [0.5, 0.6) is 0 Å². The summed E-state index contributed by atoms with van der Waals surface area (Å²) in [5, 5.41) is 0.768. The lowest BCUT2D eigenvalue weighted by molar-refractivity contribution is 0.449. The first-order valence-electron chi connectivity index (χ1n) is 6.73. The van der Waals surface area contributed by atoms with E-state index >= 15 is 0 Å². The van der Waals surface area contributed by atoms with Gasteiger partial charge in [0.15, 0.2) is 0 Å². The van der Waals surface area contributed by atoms with E-state index in [1.165, 1.54) is 0 Å². The Morgan fingerprint density at radius 2 is 2.00 bits per heavy atom. The average Bonchev–Trinajstić information content (AvgIpc) is 2.94. The third-order valence-electron chi connectivity index (χ3n) is 3.55. The Kier molecular flexibility index (Phi) is 5.19. The van der Waals surface area contributed by atoms with Crippen molar-refractivity contribution in [3.63, 3.8) is 0 Å². The van der Waals surface area contributed by atoms with Gasteiger partial charge >= 0.3 is 0 Å². The van der Waals surface area contributed by atoms with Crippen LogP contribution in [0.4, 0.5) is 8.78 Å². The van der Waals surface area contributed by atoms with Crippen LogP contribution < -0.4 is 4.72 Å². The van der Waals surface area contributed by atoms with Gasteiger partial charge < -0.3 is 0 Å². The highest BCUT2D eigenvalue weighted by Gasteiger charge is 2.34. The number of benzene rings is 1. The van der Waals surface area contributed by atoms with Crippen LogP contribution in [0.25, 0.3) is 0 Å². The second-order valence-electron chi connectivity index (χ2n) is 5.15. The normalized spacial score (nSPS) is 19.8. The van der Waals surface area contributed by atoms with Crippen molar-refractivity contribution < 1.29 is 25.6 Å². The van der Waals surface area contributed by atoms with Crippen molar-refractivity contribution in [3.05, 3.63) is 41.8 Å². The lowest BCUT2D eigenvalue weighted by atomic mass is 10.1. The summed E-state index contributed by atoms with van der Waals surface area (Å²) in [5.74, 6) is -2.25. The molecule has 1 saturated heterocycles. The number of halogens is 2. The quantitative estimate of drug-likeness (QED) is 0.815. The fraction of sp³-hybridized carbons (Fsp3) is 0.385. The van der Waals surface area contributed by atoms with Gasteiger partial charge in [-0.2, -0.15) is 4.31 Å². The van der Waals surface area contributed by atoms with Crippen LogP contribution in [0.15, 0.2) is 35.1 Å². The zero-order chi connectivity index (χ0) is 17.3. The summed E-state index contributed by atoms with van der Waals surface area (Å²) in [4.78, 5) is -0.591.